The smallest absolute Gasteiger partial charge is 0.346 e. The summed E-state index contributed by atoms with van der Waals surface area (Å²) >= 11 is 0. The van der Waals surface area contributed by atoms with Crippen LogP contribution in [0.25, 0.3) is 17.2 Å². The highest BCUT2D eigenvalue weighted by Crippen LogP contribution is 2.51. The summed E-state index contributed by atoms with van der Waals surface area (Å²) in [5.74, 6) is -0.298. The zero-order valence-electron chi connectivity index (χ0n) is 25.6. The topological polar surface area (TPSA) is 58.2 Å². The fraction of sp³-hybridized carbons (Fsp3) is 0.282. The van der Waals surface area contributed by atoms with Crippen LogP contribution in [-0.2, 0) is 16.6 Å². The van der Waals surface area contributed by atoms with Crippen molar-refractivity contribution in [1.29, 1.82) is 0 Å². The first-order chi connectivity index (χ1) is 22.3. The van der Waals surface area contributed by atoms with E-state index in [0.29, 0.717) is 24.3 Å². The van der Waals surface area contributed by atoms with Crippen molar-refractivity contribution in [3.63, 3.8) is 0 Å². The number of rotatable bonds is 9. The van der Waals surface area contributed by atoms with Crippen molar-refractivity contribution in [1.82, 2.24) is 5.32 Å². The predicted octanol–water partition coefficient (Wildman–Crippen LogP) is 9.11. The van der Waals surface area contributed by atoms with Crippen molar-refractivity contribution in [2.45, 2.75) is 56.5 Å². The van der Waals surface area contributed by atoms with Crippen LogP contribution in [0.3, 0.4) is 0 Å². The Morgan fingerprint density at radius 2 is 1.48 bits per heavy atom. The first-order valence-electron chi connectivity index (χ1n) is 16.0. The number of carbonyl (C=O) groups excluding carboxylic acids is 2. The molecule has 2 amide bonds. The van der Waals surface area contributed by atoms with Crippen molar-refractivity contribution < 1.29 is 22.8 Å². The number of hydrogen-bond acceptors (Lipinski definition) is 2. The number of unbranched alkanes of at least 4 members (excludes halogenated alkanes) is 1. The van der Waals surface area contributed by atoms with Gasteiger partial charge in [0.25, 0.3) is 5.91 Å². The van der Waals surface area contributed by atoms with Gasteiger partial charge in [0, 0.05) is 16.8 Å². The minimum absolute atomic E-state index is 0.139. The number of alkyl halides is 3. The zero-order chi connectivity index (χ0) is 32.1. The highest BCUT2D eigenvalue weighted by atomic mass is 19.4. The van der Waals surface area contributed by atoms with E-state index < -0.39 is 24.0 Å². The van der Waals surface area contributed by atoms with Crippen LogP contribution in [0.15, 0.2) is 103 Å². The number of hydrogen-bond donors (Lipinski definition) is 2. The Morgan fingerprint density at radius 3 is 2.17 bits per heavy atom. The number of halogens is 3. The quantitative estimate of drug-likeness (QED) is 0.183. The second kappa shape index (κ2) is 13.4. The lowest BCUT2D eigenvalue weighted by Crippen LogP contribution is -2.47. The molecule has 0 aliphatic heterocycles. The highest BCUT2D eigenvalue weighted by molar-refractivity contribution is 6.05. The number of allylic oxidation sites excluding steroid dienone is 1. The van der Waals surface area contributed by atoms with E-state index >= 15 is 0 Å². The molecule has 1 atom stereocenters. The van der Waals surface area contributed by atoms with E-state index in [4.69, 9.17) is 0 Å². The molecule has 0 spiro atoms. The molecule has 6 rings (SSSR count). The highest BCUT2D eigenvalue weighted by Gasteiger charge is 2.49. The molecule has 4 aromatic rings. The summed E-state index contributed by atoms with van der Waals surface area (Å²) in [5.41, 5.74) is 5.83. The maximum absolute atomic E-state index is 13.8. The molecule has 2 aliphatic rings. The van der Waals surface area contributed by atoms with Gasteiger partial charge in [0.15, 0.2) is 0 Å². The fourth-order valence-corrected chi connectivity index (χ4v) is 7.15. The van der Waals surface area contributed by atoms with E-state index in [1.54, 1.807) is 12.1 Å². The van der Waals surface area contributed by atoms with Crippen LogP contribution >= 0.6 is 0 Å². The van der Waals surface area contributed by atoms with E-state index in [-0.39, 0.29) is 5.91 Å². The molecule has 1 unspecified atom stereocenters. The second-order valence-electron chi connectivity index (χ2n) is 12.3. The molecule has 0 saturated heterocycles. The molecule has 0 heterocycles. The van der Waals surface area contributed by atoms with Crippen LogP contribution < -0.4 is 10.6 Å². The first kappa shape index (κ1) is 31.3. The zero-order valence-corrected chi connectivity index (χ0v) is 25.6. The Morgan fingerprint density at radius 1 is 0.804 bits per heavy atom. The predicted molar refractivity (Wildman–Crippen MR) is 176 cm³/mol. The van der Waals surface area contributed by atoms with Gasteiger partial charge in [-0.1, -0.05) is 110 Å². The lowest BCUT2D eigenvalue weighted by molar-refractivity contribution is -0.141. The van der Waals surface area contributed by atoms with Gasteiger partial charge in [-0.25, -0.2) is 0 Å². The average molecular weight is 623 g/mol. The minimum atomic E-state index is -4.49. The minimum Gasteiger partial charge on any atom is -0.346 e. The van der Waals surface area contributed by atoms with Crippen molar-refractivity contribution in [2.24, 2.45) is 5.92 Å². The third kappa shape index (κ3) is 6.50. The van der Waals surface area contributed by atoms with Gasteiger partial charge < -0.3 is 10.6 Å². The van der Waals surface area contributed by atoms with Gasteiger partial charge in [-0.2, -0.15) is 13.2 Å². The number of carbonyl (C=O) groups is 2. The van der Waals surface area contributed by atoms with Crippen molar-refractivity contribution in [2.75, 3.05) is 11.9 Å². The number of fused-ring (bicyclic) bond motifs is 4. The monoisotopic (exact) mass is 622 g/mol. The third-order valence-corrected chi connectivity index (χ3v) is 9.37. The molecule has 46 heavy (non-hydrogen) atoms. The van der Waals surface area contributed by atoms with Gasteiger partial charge in [-0.3, -0.25) is 9.59 Å². The molecule has 4 aromatic carbocycles. The van der Waals surface area contributed by atoms with Gasteiger partial charge in [-0.05, 0) is 77.6 Å². The van der Waals surface area contributed by atoms with Gasteiger partial charge in [0.1, 0.15) is 12.0 Å². The second-order valence-corrected chi connectivity index (χ2v) is 12.3. The number of nitrogens with one attached hydrogen (secondary N) is 2. The van der Waals surface area contributed by atoms with Crippen LogP contribution in [0, 0.1) is 5.92 Å². The Kier molecular flexibility index (Phi) is 9.11. The SMILES string of the molecule is O=C(Nc1cccc2c1/C=C\CC(CCCCC1(C(=O)NCC(F)(F)F)c3ccccc3-c3ccccc31)CC2)c1ccccc1. The lowest BCUT2D eigenvalue weighted by Gasteiger charge is -2.31. The molecule has 0 bridgehead atoms. The molecule has 2 aliphatic carbocycles. The summed E-state index contributed by atoms with van der Waals surface area (Å²) in [5, 5.41) is 5.30. The molecule has 0 aromatic heterocycles. The van der Waals surface area contributed by atoms with Gasteiger partial charge >= 0.3 is 6.18 Å². The molecular weight excluding hydrogens is 585 g/mol. The van der Waals surface area contributed by atoms with E-state index in [1.165, 1.54) is 5.56 Å². The van der Waals surface area contributed by atoms with E-state index in [2.05, 4.69) is 28.9 Å². The van der Waals surface area contributed by atoms with Gasteiger partial charge in [-0.15, -0.1) is 0 Å². The number of aryl methyl sites for hydroxylation is 1. The Hall–Kier alpha value is -4.65. The maximum Gasteiger partial charge on any atom is 0.405 e. The molecular formula is C39H37F3N2O2. The van der Waals surface area contributed by atoms with Crippen LogP contribution in [0.4, 0.5) is 18.9 Å². The summed E-state index contributed by atoms with van der Waals surface area (Å²) < 4.78 is 39.6. The number of amides is 2. The molecule has 0 saturated carbocycles. The lowest BCUT2D eigenvalue weighted by atomic mass is 9.73. The fourth-order valence-electron chi connectivity index (χ4n) is 7.15. The Bertz CT molecular complexity index is 1700. The summed E-state index contributed by atoms with van der Waals surface area (Å²) in [6.45, 7) is -1.36. The standard InChI is InChI=1S/C39H37F3N2O2/c40-39(41,42)26-43-37(46)38(33-20-6-4-17-31(33)32-18-5-7-21-34(32)38)25-9-8-12-27-13-10-19-30-28(24-23-27)16-11-22-35(30)44-36(45)29-14-2-1-3-15-29/h1-7,10-11,14-22,27H,8-9,12-13,23-26H2,(H,43,46)(H,44,45)/b19-10-. The first-order valence-corrected chi connectivity index (χ1v) is 16.0. The van der Waals surface area contributed by atoms with Crippen LogP contribution in [0.1, 0.15) is 71.1 Å². The molecule has 7 heteroatoms. The Labute approximate surface area is 267 Å². The average Bonchev–Trinajstić information content (AvgIpc) is 3.34. The number of benzene rings is 4. The van der Waals surface area contributed by atoms with Crippen molar-refractivity contribution in [3.05, 3.63) is 131 Å². The Balaban J connectivity index is 1.13. The number of anilines is 1. The molecule has 236 valence electrons. The van der Waals surface area contributed by atoms with Crippen LogP contribution in [0.2, 0.25) is 0 Å². The van der Waals surface area contributed by atoms with E-state index in [1.807, 2.05) is 78.9 Å². The van der Waals surface area contributed by atoms with Crippen molar-refractivity contribution in [3.8, 4) is 11.1 Å². The summed E-state index contributed by atoms with van der Waals surface area (Å²) in [7, 11) is 0. The van der Waals surface area contributed by atoms with E-state index in [0.717, 1.165) is 65.6 Å². The maximum atomic E-state index is 13.8. The largest absolute Gasteiger partial charge is 0.405 e. The summed E-state index contributed by atoms with van der Waals surface area (Å²) in [6, 6.07) is 30.4. The van der Waals surface area contributed by atoms with Crippen molar-refractivity contribution >= 4 is 23.6 Å². The van der Waals surface area contributed by atoms with Gasteiger partial charge in [0.2, 0.25) is 5.91 Å². The van der Waals surface area contributed by atoms with Crippen LogP contribution in [-0.4, -0.2) is 24.5 Å². The molecule has 0 fully saturated rings. The molecule has 2 N–H and O–H groups in total. The normalized spacial score (nSPS) is 17.1. The molecule has 4 nitrogen and oxygen atoms in total. The molecule has 0 radical (unpaired) electrons. The summed E-state index contributed by atoms with van der Waals surface area (Å²) in [6.07, 6.45) is 5.49. The van der Waals surface area contributed by atoms with E-state index in [9.17, 15) is 22.8 Å². The van der Waals surface area contributed by atoms with Crippen LogP contribution in [0.5, 0.6) is 0 Å². The van der Waals surface area contributed by atoms with Gasteiger partial charge in [0.05, 0.1) is 0 Å². The third-order valence-electron chi connectivity index (χ3n) is 9.37. The summed E-state index contributed by atoms with van der Waals surface area (Å²) in [4.78, 5) is 26.6.